The van der Waals surface area contributed by atoms with Gasteiger partial charge in [0.1, 0.15) is 22.9 Å². The first-order valence-electron chi connectivity index (χ1n) is 6.65. The van der Waals surface area contributed by atoms with Crippen molar-refractivity contribution in [3.05, 3.63) is 23.8 Å². The van der Waals surface area contributed by atoms with Gasteiger partial charge in [0.05, 0.1) is 5.54 Å². The third-order valence-electron chi connectivity index (χ3n) is 2.99. The van der Waals surface area contributed by atoms with Crippen molar-refractivity contribution in [2.24, 2.45) is 0 Å². The molecule has 1 heterocycles. The number of hydrogen-bond acceptors (Lipinski definition) is 6. The molecule has 0 aliphatic carbocycles. The first kappa shape index (κ1) is 16.3. The summed E-state index contributed by atoms with van der Waals surface area (Å²) in [6, 6.07) is 5.43. The number of aliphatic hydroxyl groups is 1. The highest BCUT2D eigenvalue weighted by atomic mass is 32.2. The molecule has 1 amide bonds. The van der Waals surface area contributed by atoms with Crippen LogP contribution in [0.3, 0.4) is 0 Å². The third-order valence-corrected chi connectivity index (χ3v) is 3.93. The first-order chi connectivity index (χ1) is 10.5. The predicted molar refractivity (Wildman–Crippen MR) is 85.1 cm³/mol. The van der Waals surface area contributed by atoms with Crippen molar-refractivity contribution in [3.8, 4) is 11.8 Å². The number of amides is 1. The van der Waals surface area contributed by atoms with Crippen molar-refractivity contribution < 1.29 is 14.5 Å². The molecule has 0 aliphatic heterocycles. The normalized spacial score (nSPS) is 12.5. The summed E-state index contributed by atoms with van der Waals surface area (Å²) < 4.78 is 4.74. The molecule has 0 saturated carbocycles. The second-order valence-electron chi connectivity index (χ2n) is 5.17. The van der Waals surface area contributed by atoms with Gasteiger partial charge >= 0.3 is 0 Å². The van der Waals surface area contributed by atoms with Gasteiger partial charge < -0.3 is 10.4 Å². The average molecular weight is 319 g/mol. The summed E-state index contributed by atoms with van der Waals surface area (Å²) in [5.41, 5.74) is 1.21. The maximum atomic E-state index is 12.6. The molecule has 0 radical (unpaired) electrons. The Morgan fingerprint density at radius 1 is 1.50 bits per heavy atom. The molecule has 1 aromatic heterocycles. The summed E-state index contributed by atoms with van der Waals surface area (Å²) >= 11 is 1.39. The molecule has 0 spiro atoms. The molecule has 0 saturated heterocycles. The van der Waals surface area contributed by atoms with Crippen LogP contribution in [0.2, 0.25) is 0 Å². The Balaban J connectivity index is 2.28. The second-order valence-corrected chi connectivity index (χ2v) is 6.11. The van der Waals surface area contributed by atoms with Crippen molar-refractivity contribution in [2.45, 2.75) is 24.6 Å². The summed E-state index contributed by atoms with van der Waals surface area (Å²) in [7, 11) is 0. The number of nitrogens with zero attached hydrogens (tertiary/aromatic N) is 2. The van der Waals surface area contributed by atoms with Crippen LogP contribution in [0.4, 0.5) is 0 Å². The SMILES string of the molecule is CSC(C(=O)NC(C)(C)C#CCO)c1cccc2nonc12. The number of benzene rings is 1. The quantitative estimate of drug-likeness (QED) is 0.831. The Morgan fingerprint density at radius 3 is 2.95 bits per heavy atom. The molecule has 6 nitrogen and oxygen atoms in total. The van der Waals surface area contributed by atoms with Crippen molar-refractivity contribution in [2.75, 3.05) is 12.9 Å². The molecule has 1 atom stereocenters. The summed E-state index contributed by atoms with van der Waals surface area (Å²) in [6.45, 7) is 3.32. The molecule has 2 N–H and O–H groups in total. The minimum absolute atomic E-state index is 0.180. The van der Waals surface area contributed by atoms with E-state index in [2.05, 4.69) is 27.5 Å². The standard InChI is InChI=1S/C15H17N3O3S/c1-15(2,8-5-9-19)16-14(20)13(22-3)10-6-4-7-11-12(10)18-21-17-11/h4,6-7,13,19H,9H2,1-3H3,(H,16,20). The van der Waals surface area contributed by atoms with Crippen molar-refractivity contribution >= 4 is 28.7 Å². The van der Waals surface area contributed by atoms with E-state index < -0.39 is 10.8 Å². The highest BCUT2D eigenvalue weighted by Crippen LogP contribution is 2.31. The van der Waals surface area contributed by atoms with Crippen LogP contribution in [0.5, 0.6) is 0 Å². The topological polar surface area (TPSA) is 88.2 Å². The van der Waals surface area contributed by atoms with Crippen LogP contribution in [0.15, 0.2) is 22.8 Å². The van der Waals surface area contributed by atoms with Gasteiger partial charge in [-0.2, -0.15) is 0 Å². The molecular weight excluding hydrogens is 302 g/mol. The molecule has 2 aromatic rings. The number of aromatic nitrogens is 2. The van der Waals surface area contributed by atoms with E-state index in [0.29, 0.717) is 11.0 Å². The van der Waals surface area contributed by atoms with E-state index in [0.717, 1.165) is 5.56 Å². The van der Waals surface area contributed by atoms with Crippen molar-refractivity contribution in [1.82, 2.24) is 15.6 Å². The zero-order valence-corrected chi connectivity index (χ0v) is 13.4. The smallest absolute Gasteiger partial charge is 0.238 e. The number of carbonyl (C=O) groups is 1. The van der Waals surface area contributed by atoms with Crippen LogP contribution in [0.1, 0.15) is 24.7 Å². The Morgan fingerprint density at radius 2 is 2.27 bits per heavy atom. The van der Waals surface area contributed by atoms with Gasteiger partial charge in [-0.1, -0.05) is 24.0 Å². The molecule has 116 valence electrons. The van der Waals surface area contributed by atoms with Gasteiger partial charge in [0.25, 0.3) is 0 Å². The molecule has 0 bridgehead atoms. The molecule has 0 aliphatic rings. The average Bonchev–Trinajstić information content (AvgIpc) is 2.94. The van der Waals surface area contributed by atoms with E-state index in [-0.39, 0.29) is 12.5 Å². The summed E-state index contributed by atoms with van der Waals surface area (Å²) in [4.78, 5) is 12.6. The molecule has 7 heteroatoms. The number of rotatable bonds is 4. The third kappa shape index (κ3) is 3.59. The summed E-state index contributed by atoms with van der Waals surface area (Å²) in [5, 5.41) is 18.9. The highest BCUT2D eigenvalue weighted by molar-refractivity contribution is 7.99. The van der Waals surface area contributed by atoms with Gasteiger partial charge in [0.2, 0.25) is 5.91 Å². The second kappa shape index (κ2) is 6.81. The maximum Gasteiger partial charge on any atom is 0.238 e. The molecule has 0 fully saturated rings. The van der Waals surface area contributed by atoms with Crippen LogP contribution in [0.25, 0.3) is 11.0 Å². The Bertz CT molecular complexity index is 730. The lowest BCUT2D eigenvalue weighted by molar-refractivity contribution is -0.121. The summed E-state index contributed by atoms with van der Waals surface area (Å²) in [6.07, 6.45) is 1.85. The van der Waals surface area contributed by atoms with Gasteiger partial charge in [-0.15, -0.1) is 11.8 Å². The van der Waals surface area contributed by atoms with Crippen LogP contribution < -0.4 is 5.32 Å². The monoisotopic (exact) mass is 319 g/mol. The minimum Gasteiger partial charge on any atom is -0.384 e. The fourth-order valence-electron chi connectivity index (χ4n) is 2.08. The number of aliphatic hydroxyl groups excluding tert-OH is 1. The number of hydrogen-bond donors (Lipinski definition) is 2. The van der Waals surface area contributed by atoms with Crippen LogP contribution in [0, 0.1) is 11.8 Å². The van der Waals surface area contributed by atoms with Gasteiger partial charge in [0, 0.05) is 5.56 Å². The fraction of sp³-hybridized carbons (Fsp3) is 0.400. The van der Waals surface area contributed by atoms with Crippen molar-refractivity contribution in [1.29, 1.82) is 0 Å². The van der Waals surface area contributed by atoms with Gasteiger partial charge in [-0.05, 0) is 36.5 Å². The van der Waals surface area contributed by atoms with Crippen LogP contribution in [-0.2, 0) is 4.79 Å². The molecule has 1 unspecified atom stereocenters. The zero-order valence-electron chi connectivity index (χ0n) is 12.6. The van der Waals surface area contributed by atoms with Crippen LogP contribution >= 0.6 is 11.8 Å². The molecule has 2 rings (SSSR count). The number of carbonyl (C=O) groups excluding carboxylic acids is 1. The van der Waals surface area contributed by atoms with Crippen LogP contribution in [-0.4, -0.2) is 39.7 Å². The van der Waals surface area contributed by atoms with E-state index in [4.69, 9.17) is 9.74 Å². The first-order valence-corrected chi connectivity index (χ1v) is 7.94. The largest absolute Gasteiger partial charge is 0.384 e. The van der Waals surface area contributed by atoms with E-state index in [1.54, 1.807) is 19.9 Å². The number of thioether (sulfide) groups is 1. The lowest BCUT2D eigenvalue weighted by Crippen LogP contribution is -2.44. The van der Waals surface area contributed by atoms with E-state index in [1.807, 2.05) is 18.4 Å². The van der Waals surface area contributed by atoms with E-state index in [9.17, 15) is 4.79 Å². The molecular formula is C15H17N3O3S. The molecule has 1 aromatic carbocycles. The zero-order chi connectivity index (χ0) is 16.2. The Kier molecular flexibility index (Phi) is 5.06. The summed E-state index contributed by atoms with van der Waals surface area (Å²) in [5.74, 6) is 5.20. The highest BCUT2D eigenvalue weighted by Gasteiger charge is 2.27. The van der Waals surface area contributed by atoms with Gasteiger partial charge in [-0.3, -0.25) is 4.79 Å². The Labute approximate surface area is 132 Å². The Hall–Kier alpha value is -2.04. The lowest BCUT2D eigenvalue weighted by atomic mass is 10.0. The number of fused-ring (bicyclic) bond motifs is 1. The van der Waals surface area contributed by atoms with Gasteiger partial charge in [-0.25, -0.2) is 4.63 Å². The minimum atomic E-state index is -0.732. The molecule has 22 heavy (non-hydrogen) atoms. The lowest BCUT2D eigenvalue weighted by Gasteiger charge is -2.23. The van der Waals surface area contributed by atoms with Gasteiger partial charge in [0.15, 0.2) is 0 Å². The van der Waals surface area contributed by atoms with Crippen molar-refractivity contribution in [3.63, 3.8) is 0 Å². The number of nitrogens with one attached hydrogen (secondary N) is 1. The predicted octanol–water partition coefficient (Wildman–Crippen LogP) is 1.52. The maximum absolute atomic E-state index is 12.6. The van der Waals surface area contributed by atoms with E-state index in [1.165, 1.54) is 11.8 Å². The van der Waals surface area contributed by atoms with E-state index >= 15 is 0 Å². The fourth-order valence-corrected chi connectivity index (χ4v) is 2.80.